The number of para-hydroxylation sites is 1. The summed E-state index contributed by atoms with van der Waals surface area (Å²) in [5.41, 5.74) is 8.68. The summed E-state index contributed by atoms with van der Waals surface area (Å²) >= 11 is 0. The third-order valence-corrected chi connectivity index (χ3v) is 6.64. The van der Waals surface area contributed by atoms with Crippen LogP contribution in [-0.2, 0) is 10.1 Å². The van der Waals surface area contributed by atoms with E-state index in [1.807, 2.05) is 30.3 Å². The quantitative estimate of drug-likeness (QED) is 0.0800. The average molecular weight is 529 g/mol. The molecule has 0 amide bonds. The second-order valence-electron chi connectivity index (χ2n) is 8.34. The summed E-state index contributed by atoms with van der Waals surface area (Å²) in [6.07, 6.45) is 6.10. The molecule has 0 bridgehead atoms. The second kappa shape index (κ2) is 13.1. The molecule has 0 atom stereocenters. The van der Waals surface area contributed by atoms with Crippen molar-refractivity contribution in [3.63, 3.8) is 0 Å². The van der Waals surface area contributed by atoms with E-state index in [-0.39, 0.29) is 45.8 Å². The van der Waals surface area contributed by atoms with E-state index in [9.17, 15) is 13.0 Å². The molecule has 0 saturated heterocycles. The number of hydrogen-bond acceptors (Lipinski definition) is 7. The average Bonchev–Trinajstić information content (AvgIpc) is 2.88. The Morgan fingerprint density at radius 2 is 1.68 bits per heavy atom. The van der Waals surface area contributed by atoms with Gasteiger partial charge in [-0.05, 0) is 36.8 Å². The Morgan fingerprint density at radius 1 is 0.946 bits per heavy atom. The molecule has 3 aromatic carbocycles. The molecular weight excluding hydrogens is 499 g/mol. The number of nitrogens with two attached hydrogens (primary N) is 1. The number of ether oxygens (including phenoxy) is 1. The van der Waals surface area contributed by atoms with Crippen LogP contribution in [0.5, 0.6) is 5.75 Å². The van der Waals surface area contributed by atoms with Crippen molar-refractivity contribution in [3.05, 3.63) is 72.9 Å². The van der Waals surface area contributed by atoms with Crippen LogP contribution in [-0.4, -0.2) is 54.1 Å². The van der Waals surface area contributed by atoms with E-state index in [2.05, 4.69) is 22.1 Å². The molecule has 0 saturated carbocycles. The van der Waals surface area contributed by atoms with Crippen LogP contribution in [0.3, 0.4) is 0 Å². The molecule has 0 radical (unpaired) electrons. The van der Waals surface area contributed by atoms with E-state index in [1.165, 1.54) is 18.9 Å². The fourth-order valence-electron chi connectivity index (χ4n) is 3.88. The van der Waals surface area contributed by atoms with Crippen molar-refractivity contribution in [1.29, 1.82) is 0 Å². The van der Waals surface area contributed by atoms with Crippen LogP contribution in [0.2, 0.25) is 0 Å². The van der Waals surface area contributed by atoms with E-state index in [0.717, 1.165) is 29.8 Å². The van der Waals surface area contributed by atoms with Crippen molar-refractivity contribution in [3.8, 4) is 17.0 Å². The normalized spacial score (nSPS) is 11.5. The van der Waals surface area contributed by atoms with Crippen LogP contribution in [0.25, 0.3) is 22.0 Å². The maximum absolute atomic E-state index is 11.9. The number of nitrogen functional groups attached to an aromatic ring is 1. The van der Waals surface area contributed by atoms with E-state index in [1.54, 1.807) is 36.5 Å². The molecule has 10 heteroatoms. The molecule has 8 nitrogen and oxygen atoms in total. The molecule has 0 unspecified atom stereocenters. The SMILES string of the molecule is CCCCCCOc1ccccc1-c1ccc(/N=N/c2cc(S(=O)(=O)O)c3ccccc3c2N)cn1.[NaH]. The Kier molecular flexibility index (Phi) is 10.2. The first kappa shape index (κ1) is 28.7. The molecule has 0 aliphatic rings. The van der Waals surface area contributed by atoms with Crippen molar-refractivity contribution in [2.45, 2.75) is 37.5 Å². The number of hydrogen-bond donors (Lipinski definition) is 2. The Balaban J connectivity index is 0.00000380. The number of anilines is 1. The molecule has 0 fully saturated rings. The molecule has 1 heterocycles. The van der Waals surface area contributed by atoms with Gasteiger partial charge in [-0.3, -0.25) is 9.54 Å². The van der Waals surface area contributed by atoms with E-state index >= 15 is 0 Å². The van der Waals surface area contributed by atoms with Crippen LogP contribution in [0.15, 0.2) is 88.1 Å². The van der Waals surface area contributed by atoms with Gasteiger partial charge in [0.25, 0.3) is 10.1 Å². The molecule has 0 aliphatic heterocycles. The van der Waals surface area contributed by atoms with Gasteiger partial charge in [-0.15, -0.1) is 10.2 Å². The van der Waals surface area contributed by atoms with Gasteiger partial charge in [-0.2, -0.15) is 8.42 Å². The second-order valence-corrected chi connectivity index (χ2v) is 9.73. The predicted molar refractivity (Wildman–Crippen MR) is 149 cm³/mol. The molecule has 37 heavy (non-hydrogen) atoms. The van der Waals surface area contributed by atoms with Gasteiger partial charge in [0.1, 0.15) is 22.0 Å². The van der Waals surface area contributed by atoms with Gasteiger partial charge >= 0.3 is 29.6 Å². The number of fused-ring (bicyclic) bond motifs is 1. The fraction of sp³-hybridized carbons (Fsp3) is 0.222. The first-order valence-corrected chi connectivity index (χ1v) is 13.2. The van der Waals surface area contributed by atoms with Crippen LogP contribution in [0, 0.1) is 0 Å². The zero-order chi connectivity index (χ0) is 25.5. The van der Waals surface area contributed by atoms with Crippen LogP contribution in [0.1, 0.15) is 32.6 Å². The van der Waals surface area contributed by atoms with Crippen molar-refractivity contribution in [1.82, 2.24) is 4.98 Å². The number of benzene rings is 3. The zero-order valence-corrected chi connectivity index (χ0v) is 20.8. The minimum atomic E-state index is -4.49. The van der Waals surface area contributed by atoms with Gasteiger partial charge in [-0.25, -0.2) is 0 Å². The number of aromatic nitrogens is 1. The van der Waals surface area contributed by atoms with Crippen molar-refractivity contribution in [2.75, 3.05) is 12.3 Å². The number of unbranched alkanes of at least 4 members (excludes halogenated alkanes) is 3. The number of pyridine rings is 1. The Morgan fingerprint density at radius 3 is 2.38 bits per heavy atom. The Labute approximate surface area is 239 Å². The molecule has 188 valence electrons. The first-order chi connectivity index (χ1) is 17.4. The summed E-state index contributed by atoms with van der Waals surface area (Å²) in [6, 6.07) is 19.2. The van der Waals surface area contributed by atoms with Gasteiger partial charge in [0.05, 0.1) is 24.2 Å². The summed E-state index contributed by atoms with van der Waals surface area (Å²) in [5.74, 6) is 0.776. The van der Waals surface area contributed by atoms with Gasteiger partial charge in [0, 0.05) is 16.3 Å². The molecule has 3 N–H and O–H groups in total. The summed E-state index contributed by atoms with van der Waals surface area (Å²) in [6.45, 7) is 2.83. The van der Waals surface area contributed by atoms with Crippen molar-refractivity contribution in [2.24, 2.45) is 10.2 Å². The molecule has 0 spiro atoms. The predicted octanol–water partition coefficient (Wildman–Crippen LogP) is 6.46. The molecule has 4 rings (SSSR count). The monoisotopic (exact) mass is 528 g/mol. The summed E-state index contributed by atoms with van der Waals surface area (Å²) in [5, 5.41) is 9.10. The van der Waals surface area contributed by atoms with Crippen LogP contribution >= 0.6 is 0 Å². The Hall–Kier alpha value is -2.82. The van der Waals surface area contributed by atoms with Gasteiger partial charge in [0.15, 0.2) is 0 Å². The van der Waals surface area contributed by atoms with Gasteiger partial charge in [-0.1, -0.05) is 62.6 Å². The summed E-state index contributed by atoms with van der Waals surface area (Å²) in [7, 11) is -4.49. The molecule has 0 aliphatic carbocycles. The van der Waals surface area contributed by atoms with Crippen LogP contribution < -0.4 is 10.5 Å². The zero-order valence-electron chi connectivity index (χ0n) is 20.0. The standard InChI is InChI=1S/C27H28N4O4S.Na.H/c1-2-3-4-9-16-35-25-13-8-7-12-22(25)23-15-14-19(18-29-23)30-31-24-17-26(36(32,33)34)20-10-5-6-11-21(20)27(24)28;;/h5-8,10-15,17-18H,2-4,9,16,28H2,1H3,(H,32,33,34);;/b31-30+;;. The molecule has 1 aromatic heterocycles. The topological polar surface area (TPSA) is 127 Å². The summed E-state index contributed by atoms with van der Waals surface area (Å²) in [4.78, 5) is 4.23. The summed E-state index contributed by atoms with van der Waals surface area (Å²) < 4.78 is 39.5. The number of nitrogens with zero attached hydrogens (tertiary/aromatic N) is 3. The van der Waals surface area contributed by atoms with Gasteiger partial charge < -0.3 is 10.5 Å². The number of rotatable bonds is 10. The number of azo groups is 1. The fourth-order valence-corrected chi connectivity index (χ4v) is 4.59. The minimum absolute atomic E-state index is 0. The van der Waals surface area contributed by atoms with Crippen molar-refractivity contribution >= 4 is 67.5 Å². The third kappa shape index (κ3) is 7.15. The molecular formula is C27H29N4NaO4S. The van der Waals surface area contributed by atoms with E-state index < -0.39 is 10.1 Å². The van der Waals surface area contributed by atoms with E-state index in [0.29, 0.717) is 23.1 Å². The third-order valence-electron chi connectivity index (χ3n) is 5.74. The molecule has 4 aromatic rings. The van der Waals surface area contributed by atoms with Crippen LogP contribution in [0.4, 0.5) is 17.1 Å². The maximum atomic E-state index is 11.9. The first-order valence-electron chi connectivity index (χ1n) is 11.8. The van der Waals surface area contributed by atoms with Crippen molar-refractivity contribution < 1.29 is 17.7 Å². The van der Waals surface area contributed by atoms with E-state index in [4.69, 9.17) is 10.5 Å². The Bertz CT molecular complexity index is 1490. The van der Waals surface area contributed by atoms with Gasteiger partial charge in [0.2, 0.25) is 0 Å².